The molecule has 1 N–H and O–H groups in total. The predicted octanol–water partition coefficient (Wildman–Crippen LogP) is 1.82. The van der Waals surface area contributed by atoms with E-state index in [1.807, 2.05) is 7.05 Å². The minimum Gasteiger partial charge on any atom is -0.376 e. The summed E-state index contributed by atoms with van der Waals surface area (Å²) < 4.78 is 6.27. The maximum Gasteiger partial charge on any atom is 0.206 e. The molecule has 0 spiro atoms. The van der Waals surface area contributed by atoms with Gasteiger partial charge in [-0.1, -0.05) is 11.3 Å². The van der Waals surface area contributed by atoms with E-state index in [1.54, 1.807) is 0 Å². The van der Waals surface area contributed by atoms with Crippen LogP contribution in [0, 0.1) is 3.95 Å². The van der Waals surface area contributed by atoms with Gasteiger partial charge in [-0.2, -0.15) is 0 Å². The highest BCUT2D eigenvalue weighted by molar-refractivity contribution is 7.73. The molecule has 1 fully saturated rings. The number of rotatable bonds is 3. The van der Waals surface area contributed by atoms with Crippen LogP contribution >= 0.6 is 23.6 Å². The first-order valence-corrected chi connectivity index (χ1v) is 5.86. The average molecular weight is 231 g/mol. The molecule has 0 aliphatic carbocycles. The number of hydrogen-bond acceptors (Lipinski definition) is 5. The van der Waals surface area contributed by atoms with Crippen LogP contribution in [-0.2, 0) is 4.74 Å². The lowest BCUT2D eigenvalue weighted by Gasteiger charge is -2.18. The van der Waals surface area contributed by atoms with Crippen molar-refractivity contribution in [2.75, 3.05) is 25.1 Å². The van der Waals surface area contributed by atoms with Crippen LogP contribution < -0.4 is 4.90 Å². The molecule has 14 heavy (non-hydrogen) atoms. The number of anilines is 1. The van der Waals surface area contributed by atoms with E-state index in [1.165, 1.54) is 17.8 Å². The maximum atomic E-state index is 5.55. The Bertz CT molecular complexity index is 342. The van der Waals surface area contributed by atoms with E-state index in [0.717, 1.165) is 28.7 Å². The fourth-order valence-corrected chi connectivity index (χ4v) is 2.41. The molecule has 1 atom stereocenters. The normalized spacial score (nSPS) is 21.4. The third kappa shape index (κ3) is 2.31. The highest BCUT2D eigenvalue weighted by Gasteiger charge is 2.18. The smallest absolute Gasteiger partial charge is 0.206 e. The first-order valence-electron chi connectivity index (χ1n) is 4.64. The molecule has 4 nitrogen and oxygen atoms in total. The zero-order valence-corrected chi connectivity index (χ0v) is 9.66. The van der Waals surface area contributed by atoms with Crippen LogP contribution in [0.5, 0.6) is 0 Å². The van der Waals surface area contributed by atoms with Gasteiger partial charge in [-0.3, -0.25) is 5.10 Å². The second-order valence-electron chi connectivity index (χ2n) is 3.41. The molecule has 0 amide bonds. The van der Waals surface area contributed by atoms with Crippen molar-refractivity contribution in [3.63, 3.8) is 0 Å². The number of nitrogens with one attached hydrogen (secondary N) is 1. The molecular weight excluding hydrogens is 218 g/mol. The molecule has 1 aliphatic heterocycles. The van der Waals surface area contributed by atoms with Crippen molar-refractivity contribution < 1.29 is 4.74 Å². The van der Waals surface area contributed by atoms with Gasteiger partial charge < -0.3 is 9.64 Å². The molecule has 1 aromatic heterocycles. The van der Waals surface area contributed by atoms with Gasteiger partial charge in [0.05, 0.1) is 6.10 Å². The summed E-state index contributed by atoms with van der Waals surface area (Å²) in [6.07, 6.45) is 2.69. The number of nitrogens with zero attached hydrogens (tertiary/aromatic N) is 2. The zero-order chi connectivity index (χ0) is 9.97. The number of aromatic amines is 1. The largest absolute Gasteiger partial charge is 0.376 e. The molecule has 1 unspecified atom stereocenters. The van der Waals surface area contributed by atoms with Crippen molar-refractivity contribution in [1.82, 2.24) is 10.2 Å². The van der Waals surface area contributed by atoms with E-state index in [0.29, 0.717) is 6.10 Å². The highest BCUT2D eigenvalue weighted by atomic mass is 32.1. The lowest BCUT2D eigenvalue weighted by atomic mass is 10.2. The summed E-state index contributed by atoms with van der Waals surface area (Å²) in [6, 6.07) is 0. The topological polar surface area (TPSA) is 41.1 Å². The summed E-state index contributed by atoms with van der Waals surface area (Å²) >= 11 is 6.48. The first kappa shape index (κ1) is 10.1. The molecule has 0 aromatic carbocycles. The van der Waals surface area contributed by atoms with Crippen LogP contribution in [0.25, 0.3) is 0 Å². The summed E-state index contributed by atoms with van der Waals surface area (Å²) in [5.74, 6) is 0. The molecule has 0 bridgehead atoms. The van der Waals surface area contributed by atoms with Crippen molar-refractivity contribution >= 4 is 28.7 Å². The number of ether oxygens (including phenoxy) is 1. The highest BCUT2D eigenvalue weighted by Crippen LogP contribution is 2.19. The summed E-state index contributed by atoms with van der Waals surface area (Å²) in [5, 5.41) is 7.83. The van der Waals surface area contributed by atoms with E-state index < -0.39 is 0 Å². The van der Waals surface area contributed by atoms with Gasteiger partial charge in [0.1, 0.15) is 0 Å². The zero-order valence-electron chi connectivity index (χ0n) is 8.02. The van der Waals surface area contributed by atoms with Gasteiger partial charge >= 0.3 is 0 Å². The van der Waals surface area contributed by atoms with E-state index in [9.17, 15) is 0 Å². The first-order chi connectivity index (χ1) is 6.75. The van der Waals surface area contributed by atoms with Crippen molar-refractivity contribution in [3.05, 3.63) is 3.95 Å². The van der Waals surface area contributed by atoms with E-state index >= 15 is 0 Å². The van der Waals surface area contributed by atoms with Gasteiger partial charge in [0, 0.05) is 20.2 Å². The molecule has 1 aliphatic rings. The van der Waals surface area contributed by atoms with Crippen molar-refractivity contribution in [3.8, 4) is 0 Å². The van der Waals surface area contributed by atoms with Gasteiger partial charge in [-0.25, -0.2) is 0 Å². The van der Waals surface area contributed by atoms with Crippen LogP contribution in [0.2, 0.25) is 0 Å². The molecule has 2 rings (SSSR count). The van der Waals surface area contributed by atoms with Crippen LogP contribution in [0.3, 0.4) is 0 Å². The minimum absolute atomic E-state index is 0.359. The Balaban J connectivity index is 1.94. The monoisotopic (exact) mass is 231 g/mol. The summed E-state index contributed by atoms with van der Waals surface area (Å²) in [7, 11) is 2.02. The Morgan fingerprint density at radius 3 is 3.21 bits per heavy atom. The summed E-state index contributed by atoms with van der Waals surface area (Å²) in [5.41, 5.74) is 0. The molecule has 0 saturated carbocycles. The molecule has 0 radical (unpaired) electrons. The number of aromatic nitrogens is 2. The Labute approximate surface area is 91.9 Å². The van der Waals surface area contributed by atoms with E-state index in [4.69, 9.17) is 17.0 Å². The molecule has 1 saturated heterocycles. The quantitative estimate of drug-likeness (QED) is 0.806. The molecule has 6 heteroatoms. The second kappa shape index (κ2) is 4.37. The third-order valence-electron chi connectivity index (χ3n) is 2.25. The van der Waals surface area contributed by atoms with Crippen molar-refractivity contribution in [2.45, 2.75) is 18.9 Å². The third-order valence-corrected chi connectivity index (χ3v) is 3.46. The summed E-state index contributed by atoms with van der Waals surface area (Å²) in [6.45, 7) is 1.80. The lowest BCUT2D eigenvalue weighted by molar-refractivity contribution is 0.116. The van der Waals surface area contributed by atoms with Crippen LogP contribution in [0.4, 0.5) is 5.13 Å². The van der Waals surface area contributed by atoms with Gasteiger partial charge in [-0.15, -0.1) is 5.10 Å². The standard InChI is InChI=1S/C8H13N3OS2/c1-11(5-6-3-2-4-12-6)7-9-10-8(13)14-7/h6H,2-5H2,1H3,(H,10,13). The second-order valence-corrected chi connectivity index (χ2v) is 5.06. The van der Waals surface area contributed by atoms with Gasteiger partial charge in [0.25, 0.3) is 0 Å². The maximum absolute atomic E-state index is 5.55. The molecule has 78 valence electrons. The number of likely N-dealkylation sites (N-methyl/N-ethyl adjacent to an activating group) is 1. The Morgan fingerprint density at radius 1 is 1.79 bits per heavy atom. The predicted molar refractivity (Wildman–Crippen MR) is 59.5 cm³/mol. The molecular formula is C8H13N3OS2. The van der Waals surface area contributed by atoms with E-state index in [-0.39, 0.29) is 0 Å². The van der Waals surface area contributed by atoms with Gasteiger partial charge in [0.15, 0.2) is 3.95 Å². The summed E-state index contributed by atoms with van der Waals surface area (Å²) in [4.78, 5) is 2.09. The van der Waals surface area contributed by atoms with Crippen LogP contribution in [0.1, 0.15) is 12.8 Å². The minimum atomic E-state index is 0.359. The van der Waals surface area contributed by atoms with Crippen molar-refractivity contribution in [1.29, 1.82) is 0 Å². The fraction of sp³-hybridized carbons (Fsp3) is 0.750. The lowest BCUT2D eigenvalue weighted by Crippen LogP contribution is -2.28. The number of hydrogen-bond donors (Lipinski definition) is 1. The average Bonchev–Trinajstić information content (AvgIpc) is 2.75. The molecule has 1 aromatic rings. The van der Waals surface area contributed by atoms with Crippen molar-refractivity contribution in [2.24, 2.45) is 0 Å². The Morgan fingerprint density at radius 2 is 2.64 bits per heavy atom. The Kier molecular flexibility index (Phi) is 3.15. The fourth-order valence-electron chi connectivity index (χ4n) is 1.56. The Hall–Kier alpha value is -0.460. The number of H-pyrrole nitrogens is 1. The van der Waals surface area contributed by atoms with Crippen LogP contribution in [0.15, 0.2) is 0 Å². The van der Waals surface area contributed by atoms with Gasteiger partial charge in [-0.05, 0) is 25.1 Å². The van der Waals surface area contributed by atoms with Crippen LogP contribution in [-0.4, -0.2) is 36.5 Å². The van der Waals surface area contributed by atoms with Gasteiger partial charge in [0.2, 0.25) is 5.13 Å². The molecule has 2 heterocycles. The SMILES string of the molecule is CN(CC1CCCO1)c1n[nH]c(=S)s1. The van der Waals surface area contributed by atoms with E-state index in [2.05, 4.69) is 15.1 Å².